The number of para-hydroxylation sites is 1. The molecule has 0 bridgehead atoms. The molecule has 1 aromatic carbocycles. The molecule has 1 N–H and O–H groups in total. The second-order valence-electron chi connectivity index (χ2n) is 6.97. The summed E-state index contributed by atoms with van der Waals surface area (Å²) in [4.78, 5) is 10.6. The van der Waals surface area contributed by atoms with Crippen LogP contribution >= 0.6 is 11.3 Å². The molecule has 4 rings (SSSR count). The van der Waals surface area contributed by atoms with Gasteiger partial charge in [0.2, 0.25) is 10.8 Å². The number of likely N-dealkylation sites (N-methyl/N-ethyl adjacent to an activating group) is 1. The summed E-state index contributed by atoms with van der Waals surface area (Å²) in [5.74, 6) is 2.13. The Labute approximate surface area is 167 Å². The van der Waals surface area contributed by atoms with Crippen molar-refractivity contribution in [1.29, 1.82) is 0 Å². The van der Waals surface area contributed by atoms with E-state index in [9.17, 15) is 5.11 Å². The van der Waals surface area contributed by atoms with Crippen molar-refractivity contribution in [3.8, 4) is 17.4 Å². The van der Waals surface area contributed by atoms with Crippen LogP contribution in [0.1, 0.15) is 22.3 Å². The van der Waals surface area contributed by atoms with E-state index in [1.54, 1.807) is 14.2 Å². The minimum absolute atomic E-state index is 0.134. The molecule has 1 aliphatic rings. The zero-order chi connectivity index (χ0) is 19.8. The molecule has 1 fully saturated rings. The number of fused-ring (bicyclic) bond motifs is 1. The second kappa shape index (κ2) is 7.57. The van der Waals surface area contributed by atoms with E-state index in [4.69, 9.17) is 9.47 Å². The van der Waals surface area contributed by atoms with Crippen LogP contribution in [-0.4, -0.2) is 77.0 Å². The molecule has 1 saturated heterocycles. The summed E-state index contributed by atoms with van der Waals surface area (Å²) in [5, 5.41) is 15.3. The average molecular weight is 404 g/mol. The summed E-state index contributed by atoms with van der Waals surface area (Å²) in [6.07, 6.45) is 0. The van der Waals surface area contributed by atoms with E-state index in [0.29, 0.717) is 22.3 Å². The predicted octanol–water partition coefficient (Wildman–Crippen LogP) is 2.16. The highest BCUT2D eigenvalue weighted by molar-refractivity contribution is 7.17. The Morgan fingerprint density at radius 3 is 2.54 bits per heavy atom. The van der Waals surface area contributed by atoms with Gasteiger partial charge in [0.15, 0.2) is 11.5 Å². The normalized spacial score (nSPS) is 17.1. The quantitative estimate of drug-likeness (QED) is 0.700. The first-order valence-corrected chi connectivity index (χ1v) is 10.0. The van der Waals surface area contributed by atoms with Crippen LogP contribution in [0.3, 0.4) is 0 Å². The molecule has 3 aromatic rings. The van der Waals surface area contributed by atoms with Gasteiger partial charge in [0.25, 0.3) is 0 Å². The van der Waals surface area contributed by atoms with Crippen LogP contribution in [0, 0.1) is 6.92 Å². The Kier molecular flexibility index (Phi) is 5.13. The predicted molar refractivity (Wildman–Crippen MR) is 108 cm³/mol. The van der Waals surface area contributed by atoms with Crippen molar-refractivity contribution in [2.24, 2.45) is 0 Å². The van der Waals surface area contributed by atoms with Crippen LogP contribution in [0.4, 0.5) is 0 Å². The standard InChI is InChI=1S/C19H25N5O3S/c1-12-20-19-24(21-12)18(25)17(28-19)15(23-10-8-22(2)9-11-23)13-6-5-7-14(26-3)16(13)27-4/h5-7,15,25H,8-11H2,1-4H3. The number of piperazine rings is 1. The van der Waals surface area contributed by atoms with Crippen molar-refractivity contribution < 1.29 is 14.6 Å². The molecule has 9 heteroatoms. The number of aromatic nitrogens is 3. The molecule has 3 heterocycles. The largest absolute Gasteiger partial charge is 0.493 e. The van der Waals surface area contributed by atoms with Gasteiger partial charge in [-0.3, -0.25) is 4.90 Å². The number of hydrogen-bond donors (Lipinski definition) is 1. The lowest BCUT2D eigenvalue weighted by Crippen LogP contribution is -2.46. The van der Waals surface area contributed by atoms with E-state index >= 15 is 0 Å². The minimum Gasteiger partial charge on any atom is -0.493 e. The van der Waals surface area contributed by atoms with Crippen molar-refractivity contribution in [2.75, 3.05) is 47.4 Å². The summed E-state index contributed by atoms with van der Waals surface area (Å²) < 4.78 is 12.8. The third kappa shape index (κ3) is 3.19. The van der Waals surface area contributed by atoms with Gasteiger partial charge in [-0.2, -0.15) is 4.52 Å². The highest BCUT2D eigenvalue weighted by Crippen LogP contribution is 2.45. The van der Waals surface area contributed by atoms with E-state index < -0.39 is 0 Å². The van der Waals surface area contributed by atoms with E-state index in [1.165, 1.54) is 15.9 Å². The van der Waals surface area contributed by atoms with Crippen molar-refractivity contribution >= 4 is 16.3 Å². The molecule has 2 aromatic heterocycles. The highest BCUT2D eigenvalue weighted by Gasteiger charge is 2.33. The Balaban J connectivity index is 1.87. The number of hydrogen-bond acceptors (Lipinski definition) is 8. The molecule has 0 aliphatic carbocycles. The molecule has 0 amide bonds. The molecule has 150 valence electrons. The minimum atomic E-state index is -0.174. The maximum Gasteiger partial charge on any atom is 0.230 e. The van der Waals surface area contributed by atoms with Crippen molar-refractivity contribution in [3.63, 3.8) is 0 Å². The van der Waals surface area contributed by atoms with Crippen molar-refractivity contribution in [1.82, 2.24) is 24.4 Å². The maximum absolute atomic E-state index is 11.0. The number of aromatic hydroxyl groups is 1. The molecular weight excluding hydrogens is 378 g/mol. The van der Waals surface area contributed by atoms with Gasteiger partial charge in [0.1, 0.15) is 5.82 Å². The monoisotopic (exact) mass is 403 g/mol. The first-order valence-electron chi connectivity index (χ1n) is 9.22. The number of rotatable bonds is 5. The number of methoxy groups -OCH3 is 2. The molecule has 1 aliphatic heterocycles. The van der Waals surface area contributed by atoms with E-state index in [2.05, 4.69) is 26.9 Å². The SMILES string of the molecule is COc1cccc(C(c2sc3nc(C)nn3c2O)N2CCN(C)CC2)c1OC. The van der Waals surface area contributed by atoms with Crippen molar-refractivity contribution in [2.45, 2.75) is 13.0 Å². The molecule has 28 heavy (non-hydrogen) atoms. The number of benzene rings is 1. The van der Waals surface area contributed by atoms with Crippen LogP contribution in [0.15, 0.2) is 18.2 Å². The van der Waals surface area contributed by atoms with Gasteiger partial charge in [-0.1, -0.05) is 23.5 Å². The van der Waals surface area contributed by atoms with Crippen LogP contribution in [0.25, 0.3) is 4.96 Å². The van der Waals surface area contributed by atoms with Crippen LogP contribution < -0.4 is 9.47 Å². The lowest BCUT2D eigenvalue weighted by Gasteiger charge is -2.38. The maximum atomic E-state index is 11.0. The van der Waals surface area contributed by atoms with Crippen LogP contribution in [0.2, 0.25) is 0 Å². The first kappa shape index (κ1) is 19.0. The first-order chi connectivity index (χ1) is 13.5. The lowest BCUT2D eigenvalue weighted by molar-refractivity contribution is 0.125. The number of nitrogens with zero attached hydrogens (tertiary/aromatic N) is 5. The summed E-state index contributed by atoms with van der Waals surface area (Å²) >= 11 is 1.46. The van der Waals surface area contributed by atoms with Gasteiger partial charge >= 0.3 is 0 Å². The summed E-state index contributed by atoms with van der Waals surface area (Å²) in [5.41, 5.74) is 0.961. The fraction of sp³-hybridized carbons (Fsp3) is 0.474. The Hall–Kier alpha value is -2.36. The fourth-order valence-electron chi connectivity index (χ4n) is 3.74. The fourth-order valence-corrected chi connectivity index (χ4v) is 4.89. The van der Waals surface area contributed by atoms with Gasteiger partial charge in [-0.05, 0) is 20.0 Å². The van der Waals surface area contributed by atoms with Gasteiger partial charge < -0.3 is 19.5 Å². The third-order valence-electron chi connectivity index (χ3n) is 5.18. The number of thiazole rings is 1. The molecule has 0 saturated carbocycles. The smallest absolute Gasteiger partial charge is 0.230 e. The Morgan fingerprint density at radius 2 is 1.89 bits per heavy atom. The Morgan fingerprint density at radius 1 is 1.14 bits per heavy atom. The second-order valence-corrected chi connectivity index (χ2v) is 7.98. The molecular formula is C19H25N5O3S. The van der Waals surface area contributed by atoms with Gasteiger partial charge in [-0.15, -0.1) is 5.10 Å². The van der Waals surface area contributed by atoms with E-state index in [-0.39, 0.29) is 11.9 Å². The zero-order valence-corrected chi connectivity index (χ0v) is 17.4. The van der Waals surface area contributed by atoms with E-state index in [1.807, 2.05) is 25.1 Å². The summed E-state index contributed by atoms with van der Waals surface area (Å²) in [7, 11) is 5.41. The topological polar surface area (TPSA) is 75.4 Å². The van der Waals surface area contributed by atoms with Crippen LogP contribution in [-0.2, 0) is 0 Å². The third-order valence-corrected chi connectivity index (χ3v) is 6.26. The molecule has 0 spiro atoms. The van der Waals surface area contributed by atoms with E-state index in [0.717, 1.165) is 36.6 Å². The van der Waals surface area contributed by atoms with Crippen LogP contribution in [0.5, 0.6) is 17.4 Å². The molecule has 1 unspecified atom stereocenters. The van der Waals surface area contributed by atoms with Crippen molar-refractivity contribution in [3.05, 3.63) is 34.5 Å². The highest BCUT2D eigenvalue weighted by atomic mass is 32.1. The zero-order valence-electron chi connectivity index (χ0n) is 16.5. The molecule has 0 radical (unpaired) electrons. The van der Waals surface area contributed by atoms with Gasteiger partial charge in [-0.25, -0.2) is 4.98 Å². The van der Waals surface area contributed by atoms with Gasteiger partial charge in [0, 0.05) is 31.7 Å². The molecule has 8 nitrogen and oxygen atoms in total. The number of aryl methyl sites for hydroxylation is 1. The lowest BCUT2D eigenvalue weighted by atomic mass is 10.0. The summed E-state index contributed by atoms with van der Waals surface area (Å²) in [6.45, 7) is 5.51. The number of ether oxygens (including phenoxy) is 2. The molecule has 1 atom stereocenters. The average Bonchev–Trinajstić information content (AvgIpc) is 3.20. The Bertz CT molecular complexity index is 978. The van der Waals surface area contributed by atoms with Gasteiger partial charge in [0.05, 0.1) is 25.1 Å². The summed E-state index contributed by atoms with van der Waals surface area (Å²) in [6, 6.07) is 5.70.